The lowest BCUT2D eigenvalue weighted by atomic mass is 9.94. The van der Waals surface area contributed by atoms with E-state index >= 15 is 0 Å². The van der Waals surface area contributed by atoms with E-state index in [4.69, 9.17) is 16.6 Å². The third-order valence-electron chi connectivity index (χ3n) is 4.44. The number of thiophene rings is 1. The Bertz CT molecular complexity index is 941. The lowest BCUT2D eigenvalue weighted by molar-refractivity contribution is 0.413. The lowest BCUT2D eigenvalue weighted by Crippen LogP contribution is -2.32. The van der Waals surface area contributed by atoms with Crippen molar-refractivity contribution < 1.29 is 5.11 Å². The first kappa shape index (κ1) is 17.7. The maximum Gasteiger partial charge on any atom is 0.127 e. The largest absolute Gasteiger partial charge is 0.508 e. The highest BCUT2D eigenvalue weighted by Gasteiger charge is 2.28. The van der Waals surface area contributed by atoms with Gasteiger partial charge in [-0.25, -0.2) is 0 Å². The summed E-state index contributed by atoms with van der Waals surface area (Å²) in [4.78, 5) is 4.93. The molecular weight excluding hydrogens is 432 g/mol. The summed E-state index contributed by atoms with van der Waals surface area (Å²) in [6.07, 6.45) is 0.521. The number of phenolic OH excluding ortho intramolecular Hbond substituents is 1. The van der Waals surface area contributed by atoms with E-state index in [1.807, 2.05) is 23.6 Å². The van der Waals surface area contributed by atoms with Crippen molar-refractivity contribution in [3.05, 3.63) is 85.5 Å². The standard InChI is InChI=1S/C20H16BrClN2OS/c21-14-3-1-12(2-4-14)17-10-18(16-9-15(22)5-6-19(16)25)24-20(23-17)13-7-8-26-11-13/h1-9,11,18,20,24-25H,10H2. The minimum atomic E-state index is -0.156. The Labute approximate surface area is 169 Å². The molecule has 0 saturated carbocycles. The second kappa shape index (κ2) is 7.53. The number of hydrogen-bond acceptors (Lipinski definition) is 4. The fraction of sp³-hybridized carbons (Fsp3) is 0.150. The number of aliphatic imine (C=N–C) groups is 1. The first-order valence-electron chi connectivity index (χ1n) is 8.19. The Kier molecular flexibility index (Phi) is 5.14. The van der Waals surface area contributed by atoms with Gasteiger partial charge in [0.15, 0.2) is 0 Å². The highest BCUT2D eigenvalue weighted by atomic mass is 79.9. The number of benzene rings is 2. The van der Waals surface area contributed by atoms with Gasteiger partial charge < -0.3 is 5.11 Å². The van der Waals surface area contributed by atoms with Gasteiger partial charge in [-0.15, -0.1) is 0 Å². The topological polar surface area (TPSA) is 44.6 Å². The van der Waals surface area contributed by atoms with Gasteiger partial charge in [-0.3, -0.25) is 10.3 Å². The van der Waals surface area contributed by atoms with E-state index in [1.54, 1.807) is 23.5 Å². The highest BCUT2D eigenvalue weighted by Crippen LogP contribution is 2.36. The van der Waals surface area contributed by atoms with Crippen LogP contribution in [0.25, 0.3) is 0 Å². The molecule has 0 saturated heterocycles. The van der Waals surface area contributed by atoms with Gasteiger partial charge in [0.1, 0.15) is 11.9 Å². The fourth-order valence-corrected chi connectivity index (χ4v) is 4.25. The van der Waals surface area contributed by atoms with Crippen LogP contribution < -0.4 is 5.32 Å². The average molecular weight is 448 g/mol. The normalized spacial score (nSPS) is 20.0. The monoisotopic (exact) mass is 446 g/mol. The summed E-state index contributed by atoms with van der Waals surface area (Å²) in [7, 11) is 0. The van der Waals surface area contributed by atoms with Crippen LogP contribution in [0.2, 0.25) is 5.02 Å². The summed E-state index contributed by atoms with van der Waals surface area (Å²) >= 11 is 11.3. The quantitative estimate of drug-likeness (QED) is 0.510. The van der Waals surface area contributed by atoms with Gasteiger partial charge in [-0.05, 0) is 52.7 Å². The van der Waals surface area contributed by atoms with Crippen LogP contribution in [0.15, 0.2) is 68.8 Å². The number of nitrogens with one attached hydrogen (secondary N) is 1. The van der Waals surface area contributed by atoms with Gasteiger partial charge in [0.05, 0.1) is 0 Å². The molecule has 132 valence electrons. The van der Waals surface area contributed by atoms with Gasteiger partial charge in [0.2, 0.25) is 0 Å². The molecule has 2 N–H and O–H groups in total. The van der Waals surface area contributed by atoms with E-state index in [9.17, 15) is 5.11 Å². The fourth-order valence-electron chi connectivity index (χ4n) is 3.13. The van der Waals surface area contributed by atoms with Gasteiger partial charge in [0, 0.05) is 38.8 Å². The zero-order valence-corrected chi connectivity index (χ0v) is 16.9. The number of phenols is 1. The summed E-state index contributed by atoms with van der Waals surface area (Å²) < 4.78 is 1.04. The van der Waals surface area contributed by atoms with Crippen molar-refractivity contribution in [3.63, 3.8) is 0 Å². The lowest BCUT2D eigenvalue weighted by Gasteiger charge is -2.30. The Morgan fingerprint density at radius 2 is 1.96 bits per heavy atom. The average Bonchev–Trinajstić information content (AvgIpc) is 3.19. The minimum absolute atomic E-state index is 0.0743. The molecule has 2 atom stereocenters. The molecule has 1 aromatic heterocycles. The molecule has 0 radical (unpaired) electrons. The van der Waals surface area contributed by atoms with Crippen LogP contribution in [-0.2, 0) is 0 Å². The first-order valence-corrected chi connectivity index (χ1v) is 10.3. The molecule has 0 amide bonds. The van der Waals surface area contributed by atoms with Crippen LogP contribution in [0.4, 0.5) is 0 Å². The van der Waals surface area contributed by atoms with E-state index in [0.717, 1.165) is 26.9 Å². The number of halogens is 2. The Morgan fingerprint density at radius 3 is 2.69 bits per heavy atom. The predicted octanol–water partition coefficient (Wildman–Crippen LogP) is 6.09. The van der Waals surface area contributed by atoms with Gasteiger partial charge >= 0.3 is 0 Å². The molecule has 4 rings (SSSR count). The van der Waals surface area contributed by atoms with E-state index in [0.29, 0.717) is 11.4 Å². The summed E-state index contributed by atoms with van der Waals surface area (Å²) in [6, 6.07) is 15.3. The minimum Gasteiger partial charge on any atom is -0.508 e. The molecule has 0 spiro atoms. The van der Waals surface area contributed by atoms with Crippen LogP contribution in [0, 0.1) is 0 Å². The molecule has 3 aromatic rings. The van der Waals surface area contributed by atoms with Crippen LogP contribution in [0.3, 0.4) is 0 Å². The number of rotatable bonds is 3. The van der Waals surface area contributed by atoms with Crippen LogP contribution in [0.5, 0.6) is 5.75 Å². The van der Waals surface area contributed by atoms with Crippen LogP contribution in [0.1, 0.15) is 35.3 Å². The van der Waals surface area contributed by atoms with Crippen molar-refractivity contribution in [3.8, 4) is 5.75 Å². The second-order valence-corrected chi connectivity index (χ2v) is 8.30. The smallest absolute Gasteiger partial charge is 0.127 e. The Balaban J connectivity index is 1.75. The Morgan fingerprint density at radius 1 is 1.15 bits per heavy atom. The third-order valence-corrected chi connectivity index (χ3v) is 5.91. The molecule has 2 unspecified atom stereocenters. The van der Waals surface area contributed by atoms with E-state index in [1.165, 1.54) is 0 Å². The SMILES string of the molecule is Oc1ccc(Cl)cc1C1CC(c2ccc(Br)cc2)=NC(c2ccsc2)N1. The summed E-state index contributed by atoms with van der Waals surface area (Å²) in [5, 5.41) is 18.7. The second-order valence-electron chi connectivity index (χ2n) is 6.17. The first-order chi connectivity index (χ1) is 12.6. The maximum absolute atomic E-state index is 10.4. The maximum atomic E-state index is 10.4. The molecule has 2 aromatic carbocycles. The van der Waals surface area contributed by atoms with Crippen molar-refractivity contribution in [1.29, 1.82) is 0 Å². The Hall–Kier alpha value is -1.66. The number of hydrogen-bond donors (Lipinski definition) is 2. The number of aromatic hydroxyl groups is 1. The molecule has 2 heterocycles. The molecule has 1 aliphatic heterocycles. The van der Waals surface area contributed by atoms with Crippen molar-refractivity contribution in [2.75, 3.05) is 0 Å². The zero-order chi connectivity index (χ0) is 18.1. The third kappa shape index (κ3) is 3.71. The van der Waals surface area contributed by atoms with Crippen molar-refractivity contribution in [1.82, 2.24) is 5.32 Å². The van der Waals surface area contributed by atoms with Crippen LogP contribution in [-0.4, -0.2) is 10.8 Å². The molecule has 6 heteroatoms. The van der Waals surface area contributed by atoms with Crippen molar-refractivity contribution in [2.45, 2.75) is 18.6 Å². The molecule has 3 nitrogen and oxygen atoms in total. The van der Waals surface area contributed by atoms with Gasteiger partial charge in [0.25, 0.3) is 0 Å². The molecule has 0 bridgehead atoms. The molecule has 26 heavy (non-hydrogen) atoms. The summed E-state index contributed by atoms with van der Waals surface area (Å²) in [5.41, 5.74) is 4.01. The zero-order valence-electron chi connectivity index (χ0n) is 13.7. The summed E-state index contributed by atoms with van der Waals surface area (Å²) in [5.74, 6) is 0.244. The predicted molar refractivity (Wildman–Crippen MR) is 111 cm³/mol. The van der Waals surface area contributed by atoms with Crippen molar-refractivity contribution in [2.24, 2.45) is 4.99 Å². The summed E-state index contributed by atoms with van der Waals surface area (Å²) in [6.45, 7) is 0. The number of nitrogens with zero attached hydrogens (tertiary/aromatic N) is 1. The van der Waals surface area contributed by atoms with Crippen LogP contribution >= 0.6 is 38.9 Å². The van der Waals surface area contributed by atoms with E-state index in [2.05, 4.69) is 44.8 Å². The van der Waals surface area contributed by atoms with E-state index in [-0.39, 0.29) is 18.0 Å². The van der Waals surface area contributed by atoms with E-state index < -0.39 is 0 Å². The molecule has 0 aliphatic carbocycles. The highest BCUT2D eigenvalue weighted by molar-refractivity contribution is 9.10. The molecular formula is C20H16BrClN2OS. The molecule has 0 fully saturated rings. The van der Waals surface area contributed by atoms with Crippen molar-refractivity contribution >= 4 is 44.6 Å². The molecule has 1 aliphatic rings. The van der Waals surface area contributed by atoms with Gasteiger partial charge in [-0.1, -0.05) is 39.7 Å². The van der Waals surface area contributed by atoms with Gasteiger partial charge in [-0.2, -0.15) is 11.3 Å².